The molecule has 0 saturated heterocycles. The Kier molecular flexibility index (Phi) is 4.09. The van der Waals surface area contributed by atoms with Crippen LogP contribution in [0.3, 0.4) is 0 Å². The predicted molar refractivity (Wildman–Crippen MR) is 33.0 cm³/mol. The van der Waals surface area contributed by atoms with Crippen molar-refractivity contribution in [2.45, 2.75) is 0 Å². The van der Waals surface area contributed by atoms with Crippen molar-refractivity contribution in [1.82, 2.24) is 0 Å². The van der Waals surface area contributed by atoms with E-state index in [2.05, 4.69) is 16.1 Å². The summed E-state index contributed by atoms with van der Waals surface area (Å²) in [6.45, 7) is 3.05. The van der Waals surface area contributed by atoms with Gasteiger partial charge in [-0.3, -0.25) is 0 Å². The number of hydrogen-bond acceptors (Lipinski definition) is 3. The van der Waals surface area contributed by atoms with E-state index in [-0.39, 0.29) is 11.8 Å². The fourth-order valence-electron chi connectivity index (χ4n) is 0.191. The summed E-state index contributed by atoms with van der Waals surface area (Å²) in [6.07, 6.45) is 0. The summed E-state index contributed by atoms with van der Waals surface area (Å²) in [5, 5.41) is -0.146. The molecule has 0 bridgehead atoms. The summed E-state index contributed by atoms with van der Waals surface area (Å²) in [4.78, 5) is 10.4. The van der Waals surface area contributed by atoms with Crippen molar-refractivity contribution in [2.75, 3.05) is 13.9 Å². The quantitative estimate of drug-likeness (QED) is 0.341. The van der Waals surface area contributed by atoms with Crippen LogP contribution in [0.1, 0.15) is 0 Å². The molecule has 0 aliphatic carbocycles. The van der Waals surface area contributed by atoms with Crippen molar-refractivity contribution >= 4 is 17.6 Å². The third-order valence-corrected chi connectivity index (χ3v) is 0.684. The van der Waals surface area contributed by atoms with Crippen LogP contribution in [0.2, 0.25) is 0 Å². The highest BCUT2D eigenvalue weighted by Gasteiger charge is 2.02. The molecule has 9 heavy (non-hydrogen) atoms. The summed E-state index contributed by atoms with van der Waals surface area (Å²) in [6, 6.07) is 0. The smallest absolute Gasteiger partial charge is 0.351 e. The van der Waals surface area contributed by atoms with Crippen molar-refractivity contribution in [3.8, 4) is 0 Å². The van der Waals surface area contributed by atoms with Gasteiger partial charge in [0.05, 0.1) is 0 Å². The van der Waals surface area contributed by atoms with Gasteiger partial charge < -0.3 is 9.47 Å². The Hall–Kier alpha value is -0.540. The number of ether oxygens (including phenoxy) is 2. The van der Waals surface area contributed by atoms with Gasteiger partial charge in [0.25, 0.3) is 0 Å². The van der Waals surface area contributed by atoms with Crippen molar-refractivity contribution in [3.63, 3.8) is 0 Å². The molecule has 0 radical (unpaired) electrons. The number of carbonyl (C=O) groups excluding carboxylic acids is 1. The lowest BCUT2D eigenvalue weighted by molar-refractivity contribution is -0.148. The first-order chi connectivity index (χ1) is 4.18. The minimum absolute atomic E-state index is 0.0927. The van der Waals surface area contributed by atoms with E-state index < -0.39 is 5.97 Å². The van der Waals surface area contributed by atoms with Crippen molar-refractivity contribution in [3.05, 3.63) is 11.6 Å². The van der Waals surface area contributed by atoms with E-state index in [4.69, 9.17) is 11.6 Å². The molecule has 0 N–H and O–H groups in total. The first kappa shape index (κ1) is 8.46. The molecule has 0 aromatic carbocycles. The fourth-order valence-corrected chi connectivity index (χ4v) is 0.245. The molecule has 0 heterocycles. The highest BCUT2D eigenvalue weighted by atomic mass is 35.5. The highest BCUT2D eigenvalue weighted by Crippen LogP contribution is 1.98. The average Bonchev–Trinajstić information content (AvgIpc) is 1.82. The van der Waals surface area contributed by atoms with Crippen LogP contribution >= 0.6 is 11.6 Å². The largest absolute Gasteiger partial charge is 0.434 e. The lowest BCUT2D eigenvalue weighted by Gasteiger charge is -1.98. The SMILES string of the molecule is C=C(Cl)C(=O)OCOC. The normalized spacial score (nSPS) is 8.67. The molecule has 0 aliphatic rings. The molecule has 3 nitrogen and oxygen atoms in total. The monoisotopic (exact) mass is 150 g/mol. The second kappa shape index (κ2) is 4.35. The van der Waals surface area contributed by atoms with Crippen LogP contribution in [0, 0.1) is 0 Å². The Labute approximate surface area is 58.2 Å². The Morgan fingerprint density at radius 3 is 2.67 bits per heavy atom. The van der Waals surface area contributed by atoms with Crippen LogP contribution in [0.5, 0.6) is 0 Å². The minimum Gasteiger partial charge on any atom is -0.434 e. The molecule has 0 aromatic heterocycles. The van der Waals surface area contributed by atoms with Gasteiger partial charge in [0.2, 0.25) is 0 Å². The topological polar surface area (TPSA) is 35.5 Å². The van der Waals surface area contributed by atoms with E-state index in [0.717, 1.165) is 0 Å². The molecule has 0 unspecified atom stereocenters. The van der Waals surface area contributed by atoms with E-state index in [1.54, 1.807) is 0 Å². The molecule has 0 fully saturated rings. The van der Waals surface area contributed by atoms with Crippen molar-refractivity contribution in [2.24, 2.45) is 0 Å². The third-order valence-electron chi connectivity index (χ3n) is 0.529. The van der Waals surface area contributed by atoms with E-state index in [0.29, 0.717) is 0 Å². The Morgan fingerprint density at radius 2 is 2.33 bits per heavy atom. The lowest BCUT2D eigenvalue weighted by atomic mass is 10.6. The molecule has 52 valence electrons. The minimum atomic E-state index is -0.654. The fraction of sp³-hybridized carbons (Fsp3) is 0.400. The lowest BCUT2D eigenvalue weighted by Crippen LogP contribution is -2.05. The van der Waals surface area contributed by atoms with E-state index in [1.807, 2.05) is 0 Å². The molecular weight excluding hydrogens is 144 g/mol. The second-order valence-electron chi connectivity index (χ2n) is 1.24. The van der Waals surface area contributed by atoms with E-state index in [1.165, 1.54) is 7.11 Å². The highest BCUT2D eigenvalue weighted by molar-refractivity contribution is 6.40. The molecule has 0 aliphatic heterocycles. The van der Waals surface area contributed by atoms with E-state index >= 15 is 0 Å². The second-order valence-corrected chi connectivity index (χ2v) is 1.70. The zero-order valence-electron chi connectivity index (χ0n) is 5.02. The number of halogens is 1. The van der Waals surface area contributed by atoms with Crippen molar-refractivity contribution in [1.29, 1.82) is 0 Å². The van der Waals surface area contributed by atoms with Crippen LogP contribution in [0.4, 0.5) is 0 Å². The van der Waals surface area contributed by atoms with Gasteiger partial charge >= 0.3 is 5.97 Å². The van der Waals surface area contributed by atoms with Gasteiger partial charge in [-0.2, -0.15) is 0 Å². The summed E-state index contributed by atoms with van der Waals surface area (Å²) in [5.41, 5.74) is 0. The molecule has 0 amide bonds. The number of hydrogen-bond donors (Lipinski definition) is 0. The predicted octanol–water partition coefficient (Wildman–Crippen LogP) is 0.886. The van der Waals surface area contributed by atoms with Gasteiger partial charge in [0.1, 0.15) is 5.03 Å². The van der Waals surface area contributed by atoms with E-state index in [9.17, 15) is 4.79 Å². The number of methoxy groups -OCH3 is 1. The average molecular weight is 151 g/mol. The molecule has 0 aromatic rings. The number of carbonyl (C=O) groups is 1. The van der Waals surface area contributed by atoms with Crippen LogP contribution < -0.4 is 0 Å². The summed E-state index contributed by atoms with van der Waals surface area (Å²) < 4.78 is 8.78. The van der Waals surface area contributed by atoms with Gasteiger partial charge in [-0.1, -0.05) is 18.2 Å². The zero-order valence-corrected chi connectivity index (χ0v) is 5.77. The van der Waals surface area contributed by atoms with Crippen LogP contribution in [0.15, 0.2) is 11.6 Å². The third kappa shape index (κ3) is 4.00. The summed E-state index contributed by atoms with van der Waals surface area (Å²) in [7, 11) is 1.41. The zero-order chi connectivity index (χ0) is 7.28. The first-order valence-electron chi connectivity index (χ1n) is 2.19. The molecule has 0 rings (SSSR count). The number of esters is 1. The summed E-state index contributed by atoms with van der Waals surface area (Å²) in [5.74, 6) is -0.654. The Balaban J connectivity index is 3.39. The number of rotatable bonds is 3. The van der Waals surface area contributed by atoms with Gasteiger partial charge in [0.15, 0.2) is 6.79 Å². The van der Waals surface area contributed by atoms with Crippen LogP contribution in [0.25, 0.3) is 0 Å². The first-order valence-corrected chi connectivity index (χ1v) is 2.56. The maximum Gasteiger partial charge on any atom is 0.351 e. The van der Waals surface area contributed by atoms with Crippen LogP contribution in [-0.2, 0) is 14.3 Å². The Morgan fingerprint density at radius 1 is 1.78 bits per heavy atom. The molecule has 0 saturated carbocycles. The molecule has 0 atom stereocenters. The summed E-state index contributed by atoms with van der Waals surface area (Å²) >= 11 is 5.14. The maximum absolute atomic E-state index is 10.4. The van der Waals surface area contributed by atoms with Gasteiger partial charge in [-0.25, -0.2) is 4.79 Å². The van der Waals surface area contributed by atoms with Crippen LogP contribution in [-0.4, -0.2) is 19.9 Å². The van der Waals surface area contributed by atoms with Gasteiger partial charge in [0, 0.05) is 7.11 Å². The Bertz CT molecular complexity index is 121. The molecule has 4 heteroatoms. The molecular formula is C5H7ClO3. The van der Waals surface area contributed by atoms with Crippen molar-refractivity contribution < 1.29 is 14.3 Å². The standard InChI is InChI=1S/C5H7ClO3/c1-4(6)5(7)9-3-8-2/h1,3H2,2H3. The molecule has 0 spiro atoms. The maximum atomic E-state index is 10.4. The van der Waals surface area contributed by atoms with Gasteiger partial charge in [-0.05, 0) is 0 Å². The van der Waals surface area contributed by atoms with Gasteiger partial charge in [-0.15, -0.1) is 0 Å².